The average Bonchev–Trinajstić information content (AvgIpc) is 3.09. The number of fused-ring (bicyclic) bond motifs is 1. The highest BCUT2D eigenvalue weighted by atomic mass is 16.5. The molecule has 0 atom stereocenters. The summed E-state index contributed by atoms with van der Waals surface area (Å²) in [6.45, 7) is 0.459. The van der Waals surface area contributed by atoms with Gasteiger partial charge in [-0.25, -0.2) is 4.98 Å². The van der Waals surface area contributed by atoms with E-state index in [0.717, 1.165) is 11.3 Å². The van der Waals surface area contributed by atoms with Crippen molar-refractivity contribution in [3.8, 4) is 17.2 Å². The second-order valence-corrected chi connectivity index (χ2v) is 5.61. The summed E-state index contributed by atoms with van der Waals surface area (Å²) in [5.41, 5.74) is 2.19. The van der Waals surface area contributed by atoms with Gasteiger partial charge in [0.1, 0.15) is 11.4 Å². The van der Waals surface area contributed by atoms with Crippen LogP contribution in [0.5, 0.6) is 17.2 Å². The molecule has 0 saturated heterocycles. The quantitative estimate of drug-likeness (QED) is 0.704. The first-order chi connectivity index (χ1) is 12.7. The van der Waals surface area contributed by atoms with Gasteiger partial charge in [-0.2, -0.15) is 0 Å². The molecule has 0 spiro atoms. The molecule has 0 bridgehead atoms. The van der Waals surface area contributed by atoms with Crippen molar-refractivity contribution in [2.24, 2.45) is 0 Å². The fourth-order valence-electron chi connectivity index (χ4n) is 2.71. The van der Waals surface area contributed by atoms with Crippen LogP contribution >= 0.6 is 0 Å². The average molecular weight is 355 g/mol. The van der Waals surface area contributed by atoms with E-state index in [-0.39, 0.29) is 5.91 Å². The van der Waals surface area contributed by atoms with Crippen molar-refractivity contribution in [2.75, 3.05) is 27.9 Å². The molecule has 2 heterocycles. The Bertz CT molecular complexity index is 887. The number of methoxy groups -OCH3 is 3. The third-order valence-electron chi connectivity index (χ3n) is 4.03. The van der Waals surface area contributed by atoms with Gasteiger partial charge in [-0.1, -0.05) is 6.07 Å². The molecule has 136 valence electrons. The van der Waals surface area contributed by atoms with Crippen molar-refractivity contribution in [3.05, 3.63) is 54.0 Å². The Kier molecular flexibility index (Phi) is 5.26. The molecule has 0 unspecified atom stereocenters. The molecule has 1 N–H and O–H groups in total. The number of benzene rings is 1. The minimum Gasteiger partial charge on any atom is -0.496 e. The number of ether oxygens (including phenoxy) is 3. The Labute approximate surface area is 151 Å². The van der Waals surface area contributed by atoms with E-state index in [1.54, 1.807) is 12.1 Å². The smallest absolute Gasteiger partial charge is 0.255 e. The Hall–Kier alpha value is -3.22. The predicted molar refractivity (Wildman–Crippen MR) is 97.3 cm³/mol. The zero-order chi connectivity index (χ0) is 18.5. The number of nitrogens with zero attached hydrogens (tertiary/aromatic N) is 2. The van der Waals surface area contributed by atoms with Gasteiger partial charge in [-0.3, -0.25) is 4.79 Å². The van der Waals surface area contributed by atoms with Crippen LogP contribution in [0.1, 0.15) is 16.1 Å². The number of hydrogen-bond acceptors (Lipinski definition) is 5. The summed E-state index contributed by atoms with van der Waals surface area (Å²) in [5, 5.41) is 2.89. The summed E-state index contributed by atoms with van der Waals surface area (Å²) in [6.07, 6.45) is 4.53. The van der Waals surface area contributed by atoms with Gasteiger partial charge in [0.15, 0.2) is 11.5 Å². The number of rotatable bonds is 7. The summed E-state index contributed by atoms with van der Waals surface area (Å²) in [5.74, 6) is 1.16. The maximum atomic E-state index is 12.5. The molecule has 0 aliphatic carbocycles. The molecular formula is C19H21N3O4. The van der Waals surface area contributed by atoms with E-state index in [4.69, 9.17) is 14.2 Å². The number of carbonyl (C=O) groups excluding carboxylic acids is 1. The SMILES string of the molecule is COc1cc(OC)c(C(=O)NCCc2cn3ccccc3n2)cc1OC. The molecule has 1 aromatic carbocycles. The van der Waals surface area contributed by atoms with Crippen molar-refractivity contribution in [3.63, 3.8) is 0 Å². The zero-order valence-corrected chi connectivity index (χ0v) is 15.0. The minimum absolute atomic E-state index is 0.244. The molecule has 2 aromatic heterocycles. The van der Waals surface area contributed by atoms with Gasteiger partial charge in [-0.15, -0.1) is 0 Å². The standard InChI is InChI=1S/C19H21N3O4/c1-24-15-11-17(26-3)16(25-2)10-14(15)19(23)20-8-7-13-12-22-9-5-4-6-18(22)21-13/h4-6,9-12H,7-8H2,1-3H3,(H,20,23). The zero-order valence-electron chi connectivity index (χ0n) is 15.0. The molecular weight excluding hydrogens is 334 g/mol. The van der Waals surface area contributed by atoms with Crippen molar-refractivity contribution in [2.45, 2.75) is 6.42 Å². The lowest BCUT2D eigenvalue weighted by Gasteiger charge is -2.13. The maximum absolute atomic E-state index is 12.5. The molecule has 26 heavy (non-hydrogen) atoms. The van der Waals surface area contributed by atoms with Crippen LogP contribution in [0.25, 0.3) is 5.65 Å². The number of pyridine rings is 1. The van der Waals surface area contributed by atoms with Gasteiger partial charge in [-0.05, 0) is 12.1 Å². The molecule has 0 fully saturated rings. The molecule has 0 aliphatic rings. The van der Waals surface area contributed by atoms with Gasteiger partial charge < -0.3 is 23.9 Å². The fourth-order valence-corrected chi connectivity index (χ4v) is 2.71. The van der Waals surface area contributed by atoms with Gasteiger partial charge >= 0.3 is 0 Å². The third-order valence-corrected chi connectivity index (χ3v) is 4.03. The summed E-state index contributed by atoms with van der Waals surface area (Å²) in [7, 11) is 4.57. The number of nitrogens with one attached hydrogen (secondary N) is 1. The van der Waals surface area contributed by atoms with Gasteiger partial charge in [0.05, 0.1) is 32.6 Å². The van der Waals surface area contributed by atoms with E-state index in [1.165, 1.54) is 21.3 Å². The summed E-state index contributed by atoms with van der Waals surface area (Å²) in [6, 6.07) is 9.07. The van der Waals surface area contributed by atoms with Crippen molar-refractivity contribution in [1.82, 2.24) is 14.7 Å². The molecule has 7 heteroatoms. The lowest BCUT2D eigenvalue weighted by atomic mass is 10.1. The highest BCUT2D eigenvalue weighted by Crippen LogP contribution is 2.34. The molecule has 3 aromatic rings. The first-order valence-corrected chi connectivity index (χ1v) is 8.17. The highest BCUT2D eigenvalue weighted by molar-refractivity contribution is 5.97. The summed E-state index contributed by atoms with van der Waals surface area (Å²) in [4.78, 5) is 17.1. The third kappa shape index (κ3) is 3.56. The van der Waals surface area contributed by atoms with E-state index < -0.39 is 0 Å². The minimum atomic E-state index is -0.244. The molecule has 0 radical (unpaired) electrons. The summed E-state index contributed by atoms with van der Waals surface area (Å²) >= 11 is 0. The Balaban J connectivity index is 1.69. The van der Waals surface area contributed by atoms with Crippen LogP contribution in [0.3, 0.4) is 0 Å². The molecule has 1 amide bonds. The maximum Gasteiger partial charge on any atom is 0.255 e. The van der Waals surface area contributed by atoms with Gasteiger partial charge in [0, 0.05) is 37.5 Å². The van der Waals surface area contributed by atoms with Crippen molar-refractivity contribution >= 4 is 11.6 Å². The molecule has 7 nitrogen and oxygen atoms in total. The van der Waals surface area contributed by atoms with Crippen molar-refractivity contribution in [1.29, 1.82) is 0 Å². The second kappa shape index (κ2) is 7.77. The number of imidazole rings is 1. The predicted octanol–water partition coefficient (Wildman–Crippen LogP) is 2.33. The van der Waals surface area contributed by atoms with E-state index in [1.807, 2.05) is 35.0 Å². The fraction of sp³-hybridized carbons (Fsp3) is 0.263. The number of carbonyl (C=O) groups is 1. The second-order valence-electron chi connectivity index (χ2n) is 5.61. The van der Waals surface area contributed by atoms with Gasteiger partial charge in [0.25, 0.3) is 5.91 Å². The Morgan fingerprint density at radius 2 is 1.81 bits per heavy atom. The number of hydrogen-bond donors (Lipinski definition) is 1. The van der Waals surface area contributed by atoms with E-state index in [0.29, 0.717) is 35.8 Å². The van der Waals surface area contributed by atoms with Crippen LogP contribution in [0, 0.1) is 0 Å². The number of aromatic nitrogens is 2. The van der Waals surface area contributed by atoms with Crippen LogP contribution in [0.2, 0.25) is 0 Å². The molecule has 0 aliphatic heterocycles. The summed E-state index contributed by atoms with van der Waals surface area (Å²) < 4.78 is 17.7. The lowest BCUT2D eigenvalue weighted by Crippen LogP contribution is -2.26. The van der Waals surface area contributed by atoms with E-state index in [2.05, 4.69) is 10.3 Å². The van der Waals surface area contributed by atoms with E-state index in [9.17, 15) is 4.79 Å². The monoisotopic (exact) mass is 355 g/mol. The Morgan fingerprint density at radius 1 is 1.08 bits per heavy atom. The van der Waals surface area contributed by atoms with Crippen molar-refractivity contribution < 1.29 is 19.0 Å². The highest BCUT2D eigenvalue weighted by Gasteiger charge is 2.17. The molecule has 3 rings (SSSR count). The van der Waals surface area contributed by atoms with Crippen LogP contribution in [-0.4, -0.2) is 43.2 Å². The Morgan fingerprint density at radius 3 is 2.50 bits per heavy atom. The van der Waals surface area contributed by atoms with Crippen LogP contribution in [0.4, 0.5) is 0 Å². The van der Waals surface area contributed by atoms with Crippen LogP contribution in [-0.2, 0) is 6.42 Å². The van der Waals surface area contributed by atoms with Crippen LogP contribution in [0.15, 0.2) is 42.7 Å². The topological polar surface area (TPSA) is 74.1 Å². The largest absolute Gasteiger partial charge is 0.496 e. The normalized spacial score (nSPS) is 10.6. The number of amides is 1. The van der Waals surface area contributed by atoms with Gasteiger partial charge in [0.2, 0.25) is 0 Å². The van der Waals surface area contributed by atoms with E-state index >= 15 is 0 Å². The molecule has 0 saturated carbocycles. The first kappa shape index (κ1) is 17.6. The van der Waals surface area contributed by atoms with Crippen LogP contribution < -0.4 is 19.5 Å². The lowest BCUT2D eigenvalue weighted by molar-refractivity contribution is 0.0950. The first-order valence-electron chi connectivity index (χ1n) is 8.17.